The molecule has 0 saturated carbocycles. The predicted molar refractivity (Wildman–Crippen MR) is 67.9 cm³/mol. The molecule has 1 fully saturated rings. The zero-order valence-corrected chi connectivity index (χ0v) is 10.8. The van der Waals surface area contributed by atoms with Gasteiger partial charge in [-0.25, -0.2) is 13.6 Å². The summed E-state index contributed by atoms with van der Waals surface area (Å²) in [5, 5.41) is 8.50. The topological polar surface area (TPSA) is 75.4 Å². The lowest BCUT2D eigenvalue weighted by molar-refractivity contribution is 0.587. The third kappa shape index (κ3) is 2.90. The monoisotopic (exact) mass is 275 g/mol. The summed E-state index contributed by atoms with van der Waals surface area (Å²) in [6.45, 7) is 3.44. The lowest BCUT2D eigenvalue weighted by Gasteiger charge is -2.29. The first kappa shape index (κ1) is 12.6. The number of halogens is 1. The quantitative estimate of drug-likeness (QED) is 0.819. The Balaban J connectivity index is 2.37. The number of hydrogen-bond acceptors (Lipinski definition) is 4. The minimum atomic E-state index is -3.77. The van der Waals surface area contributed by atoms with Crippen LogP contribution >= 0.6 is 11.6 Å². The average molecular weight is 276 g/mol. The van der Waals surface area contributed by atoms with E-state index in [2.05, 4.69) is 10.2 Å². The molecule has 0 radical (unpaired) electrons. The molecule has 1 aliphatic rings. The highest BCUT2D eigenvalue weighted by atomic mass is 35.5. The van der Waals surface area contributed by atoms with Crippen LogP contribution in [0.15, 0.2) is 23.1 Å². The van der Waals surface area contributed by atoms with E-state index >= 15 is 0 Å². The van der Waals surface area contributed by atoms with Gasteiger partial charge in [0.25, 0.3) is 0 Å². The molecule has 2 rings (SSSR count). The van der Waals surface area contributed by atoms with Crippen LogP contribution < -0.4 is 15.4 Å². The molecule has 0 aromatic heterocycles. The highest BCUT2D eigenvalue weighted by Gasteiger charge is 2.17. The van der Waals surface area contributed by atoms with E-state index in [1.807, 2.05) is 6.07 Å². The van der Waals surface area contributed by atoms with Crippen LogP contribution in [0.25, 0.3) is 0 Å². The number of piperazine rings is 1. The van der Waals surface area contributed by atoms with Gasteiger partial charge < -0.3 is 10.2 Å². The van der Waals surface area contributed by atoms with Crippen LogP contribution in [-0.2, 0) is 10.0 Å². The largest absolute Gasteiger partial charge is 0.369 e. The van der Waals surface area contributed by atoms with Gasteiger partial charge in [-0.05, 0) is 18.2 Å². The molecule has 3 N–H and O–H groups in total. The second-order valence-corrected chi connectivity index (χ2v) is 5.83. The molecule has 7 heteroatoms. The number of anilines is 1. The number of primary sulfonamides is 1. The normalized spacial score (nSPS) is 17.2. The van der Waals surface area contributed by atoms with Crippen molar-refractivity contribution >= 4 is 27.3 Å². The highest BCUT2D eigenvalue weighted by molar-refractivity contribution is 7.89. The van der Waals surface area contributed by atoms with Gasteiger partial charge in [-0.1, -0.05) is 11.6 Å². The Morgan fingerprint density at radius 2 is 1.94 bits per heavy atom. The number of sulfonamides is 1. The molecule has 17 heavy (non-hydrogen) atoms. The zero-order valence-electron chi connectivity index (χ0n) is 9.19. The maximum absolute atomic E-state index is 11.4. The van der Waals surface area contributed by atoms with E-state index in [4.69, 9.17) is 16.7 Å². The Morgan fingerprint density at radius 1 is 1.29 bits per heavy atom. The lowest BCUT2D eigenvalue weighted by atomic mass is 10.2. The molecule has 1 aliphatic heterocycles. The Bertz CT molecular complexity index is 512. The third-order valence-corrected chi connectivity index (χ3v) is 4.10. The third-order valence-electron chi connectivity index (χ3n) is 2.70. The fourth-order valence-electron chi connectivity index (χ4n) is 1.83. The van der Waals surface area contributed by atoms with Gasteiger partial charge in [0.1, 0.15) is 4.90 Å². The number of rotatable bonds is 2. The van der Waals surface area contributed by atoms with Crippen molar-refractivity contribution in [1.29, 1.82) is 0 Å². The smallest absolute Gasteiger partial charge is 0.239 e. The van der Waals surface area contributed by atoms with Crippen molar-refractivity contribution in [2.75, 3.05) is 31.1 Å². The maximum atomic E-state index is 11.4. The van der Waals surface area contributed by atoms with E-state index in [1.54, 1.807) is 6.07 Å². The van der Waals surface area contributed by atoms with Gasteiger partial charge in [0.05, 0.1) is 5.02 Å². The number of benzene rings is 1. The fraction of sp³-hybridized carbons (Fsp3) is 0.400. The summed E-state index contributed by atoms with van der Waals surface area (Å²) in [5.74, 6) is 0. The SMILES string of the molecule is NS(=O)(=O)c1cc(N2CCNCC2)ccc1Cl. The molecule has 5 nitrogen and oxygen atoms in total. The van der Waals surface area contributed by atoms with E-state index < -0.39 is 10.0 Å². The lowest BCUT2D eigenvalue weighted by Crippen LogP contribution is -2.43. The molecular weight excluding hydrogens is 262 g/mol. The van der Waals surface area contributed by atoms with Gasteiger partial charge in [0.15, 0.2) is 0 Å². The molecule has 0 bridgehead atoms. The number of nitrogens with zero attached hydrogens (tertiary/aromatic N) is 1. The molecule has 1 aromatic carbocycles. The van der Waals surface area contributed by atoms with E-state index in [0.29, 0.717) is 0 Å². The Labute approximate surface area is 106 Å². The van der Waals surface area contributed by atoms with Crippen LogP contribution in [0.3, 0.4) is 0 Å². The molecule has 0 spiro atoms. The van der Waals surface area contributed by atoms with E-state index in [0.717, 1.165) is 31.9 Å². The summed E-state index contributed by atoms with van der Waals surface area (Å²) in [7, 11) is -3.77. The number of nitrogens with one attached hydrogen (secondary N) is 1. The molecule has 0 unspecified atom stereocenters. The van der Waals surface area contributed by atoms with E-state index in [-0.39, 0.29) is 9.92 Å². The Morgan fingerprint density at radius 3 is 2.53 bits per heavy atom. The van der Waals surface area contributed by atoms with Crippen LogP contribution in [0.4, 0.5) is 5.69 Å². The van der Waals surface area contributed by atoms with Crippen LogP contribution in [-0.4, -0.2) is 34.6 Å². The van der Waals surface area contributed by atoms with Crippen LogP contribution in [0.5, 0.6) is 0 Å². The average Bonchev–Trinajstić information content (AvgIpc) is 2.29. The zero-order chi connectivity index (χ0) is 12.5. The Hall–Kier alpha value is -0.820. The summed E-state index contributed by atoms with van der Waals surface area (Å²) in [6.07, 6.45) is 0. The molecule has 1 saturated heterocycles. The molecule has 0 aliphatic carbocycles. The predicted octanol–water partition coefficient (Wildman–Crippen LogP) is 0.397. The second kappa shape index (κ2) is 4.81. The van der Waals surface area contributed by atoms with Gasteiger partial charge in [0, 0.05) is 31.9 Å². The van der Waals surface area contributed by atoms with Crippen molar-refractivity contribution in [2.45, 2.75) is 4.90 Å². The van der Waals surface area contributed by atoms with Crippen molar-refractivity contribution < 1.29 is 8.42 Å². The first-order valence-electron chi connectivity index (χ1n) is 5.26. The minimum Gasteiger partial charge on any atom is -0.369 e. The van der Waals surface area contributed by atoms with Gasteiger partial charge in [-0.3, -0.25) is 0 Å². The highest BCUT2D eigenvalue weighted by Crippen LogP contribution is 2.26. The fourth-order valence-corrected chi connectivity index (χ4v) is 2.89. The molecule has 94 valence electrons. The van der Waals surface area contributed by atoms with Crippen molar-refractivity contribution in [3.63, 3.8) is 0 Å². The second-order valence-electron chi connectivity index (χ2n) is 3.90. The van der Waals surface area contributed by atoms with Crippen molar-refractivity contribution in [3.8, 4) is 0 Å². The summed E-state index contributed by atoms with van der Waals surface area (Å²) < 4.78 is 22.7. The summed E-state index contributed by atoms with van der Waals surface area (Å²) in [4.78, 5) is 2.08. The van der Waals surface area contributed by atoms with Crippen molar-refractivity contribution in [3.05, 3.63) is 23.2 Å². The van der Waals surface area contributed by atoms with Crippen LogP contribution in [0.1, 0.15) is 0 Å². The van der Waals surface area contributed by atoms with Crippen LogP contribution in [0, 0.1) is 0 Å². The van der Waals surface area contributed by atoms with Crippen molar-refractivity contribution in [1.82, 2.24) is 5.32 Å². The summed E-state index contributed by atoms with van der Waals surface area (Å²) in [5.41, 5.74) is 0.833. The van der Waals surface area contributed by atoms with Gasteiger partial charge >= 0.3 is 0 Å². The van der Waals surface area contributed by atoms with Gasteiger partial charge in [0.2, 0.25) is 10.0 Å². The van der Waals surface area contributed by atoms with Gasteiger partial charge in [-0.15, -0.1) is 0 Å². The van der Waals surface area contributed by atoms with E-state index in [9.17, 15) is 8.42 Å². The first-order valence-corrected chi connectivity index (χ1v) is 7.19. The maximum Gasteiger partial charge on any atom is 0.239 e. The Kier molecular flexibility index (Phi) is 3.58. The molecule has 1 aromatic rings. The van der Waals surface area contributed by atoms with Crippen LogP contribution in [0.2, 0.25) is 5.02 Å². The number of hydrogen-bond donors (Lipinski definition) is 2. The first-order chi connectivity index (χ1) is 7.98. The standard InChI is InChI=1S/C10H14ClN3O2S/c11-9-2-1-8(7-10(9)17(12,15)16)14-5-3-13-4-6-14/h1-2,7,13H,3-6H2,(H2,12,15,16). The molecule has 0 amide bonds. The van der Waals surface area contributed by atoms with E-state index in [1.165, 1.54) is 6.07 Å². The van der Waals surface area contributed by atoms with Gasteiger partial charge in [-0.2, -0.15) is 0 Å². The number of nitrogens with two attached hydrogens (primary N) is 1. The molecule has 1 heterocycles. The molecular formula is C10H14ClN3O2S. The molecule has 0 atom stereocenters. The minimum absolute atomic E-state index is 0.0183. The van der Waals surface area contributed by atoms with Crippen molar-refractivity contribution in [2.24, 2.45) is 5.14 Å². The summed E-state index contributed by atoms with van der Waals surface area (Å²) >= 11 is 5.83. The summed E-state index contributed by atoms with van der Waals surface area (Å²) in [6, 6.07) is 4.91.